The highest BCUT2D eigenvalue weighted by Crippen LogP contribution is 2.28. The van der Waals surface area contributed by atoms with Crippen LogP contribution in [-0.4, -0.2) is 39.6 Å². The molecule has 1 aromatic heterocycles. The zero-order valence-corrected chi connectivity index (χ0v) is 8.86. The van der Waals surface area contributed by atoms with Crippen LogP contribution in [0.15, 0.2) is 17.1 Å². The first-order valence-electron chi connectivity index (χ1n) is 5.05. The average molecular weight is 244 g/mol. The zero-order chi connectivity index (χ0) is 12.6. The maximum absolute atomic E-state index is 13.6. The topological polar surface area (TPSA) is 116 Å². The van der Waals surface area contributed by atoms with Crippen molar-refractivity contribution in [3.8, 4) is 0 Å². The van der Waals surface area contributed by atoms with E-state index in [1.165, 1.54) is 12.3 Å². The van der Waals surface area contributed by atoms with Gasteiger partial charge in [0.2, 0.25) is 0 Å². The van der Waals surface area contributed by atoms with Crippen LogP contribution in [0.5, 0.6) is 0 Å². The number of aromatic nitrogens is 2. The molecule has 2 rings (SSSR count). The van der Waals surface area contributed by atoms with Crippen LogP contribution in [0.1, 0.15) is 6.23 Å². The third-order valence-corrected chi connectivity index (χ3v) is 2.67. The Hall–Kier alpha value is -1.51. The van der Waals surface area contributed by atoms with Gasteiger partial charge in [-0.1, -0.05) is 0 Å². The third kappa shape index (κ3) is 2.02. The summed E-state index contributed by atoms with van der Waals surface area (Å²) < 4.78 is 19.8. The van der Waals surface area contributed by atoms with Gasteiger partial charge in [0, 0.05) is 6.20 Å². The first-order chi connectivity index (χ1) is 8.04. The predicted octanol–water partition coefficient (Wildman–Crippen LogP) is -1.62. The van der Waals surface area contributed by atoms with Crippen molar-refractivity contribution >= 4 is 5.82 Å². The molecular weight excluding hydrogens is 231 g/mol. The number of nitrogens with zero attached hydrogens (tertiary/aromatic N) is 2. The third-order valence-electron chi connectivity index (χ3n) is 2.67. The van der Waals surface area contributed by atoms with Gasteiger partial charge >= 0.3 is 5.69 Å². The van der Waals surface area contributed by atoms with Gasteiger partial charge in [0.25, 0.3) is 0 Å². The van der Waals surface area contributed by atoms with E-state index in [4.69, 9.17) is 21.3 Å². The summed E-state index contributed by atoms with van der Waals surface area (Å²) in [6.45, 7) is -0.498. The van der Waals surface area contributed by atoms with Crippen LogP contribution in [0, 0.1) is 0 Å². The molecule has 0 amide bonds. The molecule has 0 unspecified atom stereocenters. The minimum absolute atomic E-state index is 0.0633. The number of aliphatic hydroxyl groups excluding tert-OH is 1. The minimum Gasteiger partial charge on any atom is -0.394 e. The molecule has 8 heteroatoms. The molecule has 1 saturated heterocycles. The smallest absolute Gasteiger partial charge is 0.351 e. The Balaban J connectivity index is 2.32. The summed E-state index contributed by atoms with van der Waals surface area (Å²) in [5, 5.41) is 8.89. The number of anilines is 1. The largest absolute Gasteiger partial charge is 0.394 e. The molecule has 17 heavy (non-hydrogen) atoms. The van der Waals surface area contributed by atoms with Crippen LogP contribution in [0.2, 0.25) is 0 Å². The van der Waals surface area contributed by atoms with Crippen molar-refractivity contribution in [2.75, 3.05) is 12.3 Å². The second kappa shape index (κ2) is 4.40. The maximum atomic E-state index is 13.6. The quantitative estimate of drug-likeness (QED) is 0.575. The highest BCUT2D eigenvalue weighted by atomic mass is 19.1. The summed E-state index contributed by atoms with van der Waals surface area (Å²) >= 11 is 0. The molecule has 0 saturated carbocycles. The van der Waals surface area contributed by atoms with E-state index in [0.717, 1.165) is 4.57 Å². The molecule has 1 aromatic rings. The second-order valence-electron chi connectivity index (χ2n) is 3.81. The van der Waals surface area contributed by atoms with Crippen LogP contribution in [0.3, 0.4) is 0 Å². The number of ether oxygens (including phenoxy) is 1. The number of alkyl halides is 1. The Morgan fingerprint density at radius 1 is 1.65 bits per heavy atom. The van der Waals surface area contributed by atoms with Crippen molar-refractivity contribution < 1.29 is 14.2 Å². The van der Waals surface area contributed by atoms with Gasteiger partial charge in [-0.2, -0.15) is 4.98 Å². The van der Waals surface area contributed by atoms with Crippen molar-refractivity contribution in [2.24, 2.45) is 5.73 Å². The van der Waals surface area contributed by atoms with Crippen LogP contribution in [0.4, 0.5) is 10.2 Å². The van der Waals surface area contributed by atoms with E-state index in [1.807, 2.05) is 0 Å². The van der Waals surface area contributed by atoms with Gasteiger partial charge in [-0.15, -0.1) is 0 Å². The lowest BCUT2D eigenvalue weighted by Gasteiger charge is -2.17. The van der Waals surface area contributed by atoms with E-state index >= 15 is 0 Å². The van der Waals surface area contributed by atoms with Crippen molar-refractivity contribution in [1.82, 2.24) is 9.55 Å². The van der Waals surface area contributed by atoms with E-state index in [-0.39, 0.29) is 5.82 Å². The van der Waals surface area contributed by atoms with Crippen molar-refractivity contribution in [3.05, 3.63) is 22.7 Å². The molecule has 0 bridgehead atoms. The second-order valence-corrected chi connectivity index (χ2v) is 3.81. The highest BCUT2D eigenvalue weighted by Gasteiger charge is 2.43. The first kappa shape index (κ1) is 12.0. The molecule has 2 heterocycles. The fraction of sp³-hybridized carbons (Fsp3) is 0.556. The minimum atomic E-state index is -1.53. The molecule has 0 spiro atoms. The molecule has 4 atom stereocenters. The number of aliphatic hydroxyl groups is 1. The van der Waals surface area contributed by atoms with E-state index in [9.17, 15) is 9.18 Å². The molecular formula is C9H13FN4O3. The maximum Gasteiger partial charge on any atom is 0.351 e. The monoisotopic (exact) mass is 244 g/mol. The standard InChI is InChI=1S/C9H13FN4O3/c10-6-4(3-15)17-8(7(6)12)14-2-1-5(11)13-9(14)16/h1-2,4,6-8,15H,3,12H2,(H2,11,13,16)/t4-,6-,7-,8-/m1/s1. The number of hydrogen-bond donors (Lipinski definition) is 3. The van der Waals surface area contributed by atoms with E-state index in [0.29, 0.717) is 0 Å². The number of nitrogens with two attached hydrogens (primary N) is 2. The summed E-state index contributed by atoms with van der Waals surface area (Å²) in [4.78, 5) is 15.0. The van der Waals surface area contributed by atoms with Crippen molar-refractivity contribution in [1.29, 1.82) is 0 Å². The number of hydrogen-bond acceptors (Lipinski definition) is 6. The van der Waals surface area contributed by atoms with Crippen LogP contribution in [0.25, 0.3) is 0 Å². The van der Waals surface area contributed by atoms with Crippen LogP contribution < -0.4 is 17.2 Å². The number of halogens is 1. The molecule has 1 aliphatic heterocycles. The van der Waals surface area contributed by atoms with E-state index in [2.05, 4.69) is 4.98 Å². The lowest BCUT2D eigenvalue weighted by Crippen LogP contribution is -2.40. The SMILES string of the molecule is Nc1ccn([C@@H]2O[C@H](CO)[C@@H](F)[C@H]2N)c(=O)n1. The lowest BCUT2D eigenvalue weighted by atomic mass is 10.1. The Morgan fingerprint density at radius 3 is 2.88 bits per heavy atom. The van der Waals surface area contributed by atoms with Gasteiger partial charge < -0.3 is 21.3 Å². The first-order valence-corrected chi connectivity index (χ1v) is 5.05. The number of nitrogen functional groups attached to an aromatic ring is 1. The molecule has 0 radical (unpaired) electrons. The zero-order valence-electron chi connectivity index (χ0n) is 8.86. The summed E-state index contributed by atoms with van der Waals surface area (Å²) in [7, 11) is 0. The highest BCUT2D eigenvalue weighted by molar-refractivity contribution is 5.23. The Morgan fingerprint density at radius 2 is 2.35 bits per heavy atom. The van der Waals surface area contributed by atoms with Gasteiger partial charge in [-0.25, -0.2) is 9.18 Å². The normalized spacial score (nSPS) is 32.9. The van der Waals surface area contributed by atoms with E-state index < -0.39 is 36.8 Å². The molecule has 7 nitrogen and oxygen atoms in total. The average Bonchev–Trinajstić information content (AvgIpc) is 2.57. The summed E-state index contributed by atoms with van der Waals surface area (Å²) in [5.74, 6) is 0.0633. The molecule has 5 N–H and O–H groups in total. The fourth-order valence-electron chi connectivity index (χ4n) is 1.76. The Labute approximate surface area is 95.8 Å². The van der Waals surface area contributed by atoms with Crippen molar-refractivity contribution in [3.63, 3.8) is 0 Å². The van der Waals surface area contributed by atoms with Crippen LogP contribution >= 0.6 is 0 Å². The molecule has 94 valence electrons. The van der Waals surface area contributed by atoms with Gasteiger partial charge in [0.1, 0.15) is 18.1 Å². The van der Waals surface area contributed by atoms with Gasteiger partial charge in [-0.05, 0) is 6.07 Å². The predicted molar refractivity (Wildman–Crippen MR) is 56.8 cm³/mol. The fourth-order valence-corrected chi connectivity index (χ4v) is 1.76. The summed E-state index contributed by atoms with van der Waals surface area (Å²) in [6.07, 6.45) is -2.21. The molecule has 1 fully saturated rings. The van der Waals surface area contributed by atoms with Crippen LogP contribution in [-0.2, 0) is 4.74 Å². The van der Waals surface area contributed by atoms with Gasteiger partial charge in [-0.3, -0.25) is 4.57 Å². The van der Waals surface area contributed by atoms with E-state index in [1.54, 1.807) is 0 Å². The molecule has 0 aliphatic carbocycles. The van der Waals surface area contributed by atoms with Crippen molar-refractivity contribution in [2.45, 2.75) is 24.5 Å². The lowest BCUT2D eigenvalue weighted by molar-refractivity contribution is -0.0371. The summed E-state index contributed by atoms with van der Waals surface area (Å²) in [6, 6.07) is 0.354. The molecule has 0 aromatic carbocycles. The Bertz CT molecular complexity index is 466. The Kier molecular flexibility index (Phi) is 3.09. The molecule has 1 aliphatic rings. The summed E-state index contributed by atoms with van der Waals surface area (Å²) in [5.41, 5.74) is 10.3. The van der Waals surface area contributed by atoms with Gasteiger partial charge in [0.15, 0.2) is 6.23 Å². The van der Waals surface area contributed by atoms with Gasteiger partial charge in [0.05, 0.1) is 12.6 Å². The number of rotatable bonds is 2.